The number of aromatic hydroxyl groups is 2. The number of hydrazone groups is 1. The molecule has 0 unspecified atom stereocenters. The molecule has 26 heavy (non-hydrogen) atoms. The highest BCUT2D eigenvalue weighted by molar-refractivity contribution is 7.13. The van der Waals surface area contributed by atoms with Crippen LogP contribution in [0.2, 0.25) is 0 Å². The van der Waals surface area contributed by atoms with Gasteiger partial charge in [-0.15, -0.1) is 11.3 Å². The van der Waals surface area contributed by atoms with Crippen molar-refractivity contribution in [3.05, 3.63) is 64.7 Å². The van der Waals surface area contributed by atoms with Crippen molar-refractivity contribution in [3.63, 3.8) is 0 Å². The molecule has 0 radical (unpaired) electrons. The van der Waals surface area contributed by atoms with Crippen LogP contribution in [0.4, 0.5) is 0 Å². The lowest BCUT2D eigenvalue weighted by molar-refractivity contribution is 0.0951. The molecular formula is C19H17N3O3S. The van der Waals surface area contributed by atoms with Crippen molar-refractivity contribution in [1.29, 1.82) is 0 Å². The molecule has 6 nitrogen and oxygen atoms in total. The first-order valence-electron chi connectivity index (χ1n) is 7.97. The van der Waals surface area contributed by atoms with Crippen molar-refractivity contribution in [3.8, 4) is 22.1 Å². The number of hydrogen-bond acceptors (Lipinski definition) is 6. The minimum absolute atomic E-state index is 0.251. The van der Waals surface area contributed by atoms with Crippen LogP contribution in [0.1, 0.15) is 28.5 Å². The summed E-state index contributed by atoms with van der Waals surface area (Å²) in [7, 11) is 0. The SMILES string of the molecule is CCc1ccc(-c2nc(C(=O)N/N=C/c3cccc(O)c3O)cs2)cc1. The quantitative estimate of drug-likeness (QED) is 0.365. The van der Waals surface area contributed by atoms with E-state index in [0.29, 0.717) is 5.56 Å². The zero-order valence-corrected chi connectivity index (χ0v) is 14.8. The summed E-state index contributed by atoms with van der Waals surface area (Å²) in [6.07, 6.45) is 2.22. The van der Waals surface area contributed by atoms with Gasteiger partial charge in [-0.05, 0) is 24.1 Å². The van der Waals surface area contributed by atoms with Crippen molar-refractivity contribution < 1.29 is 15.0 Å². The molecule has 0 aliphatic carbocycles. The Hall–Kier alpha value is -3.19. The molecule has 3 rings (SSSR count). The topological polar surface area (TPSA) is 94.8 Å². The normalized spacial score (nSPS) is 11.0. The van der Waals surface area contributed by atoms with Crippen molar-refractivity contribution in [1.82, 2.24) is 10.4 Å². The number of thiazole rings is 1. The van der Waals surface area contributed by atoms with Crippen molar-refractivity contribution in [2.45, 2.75) is 13.3 Å². The molecule has 7 heteroatoms. The summed E-state index contributed by atoms with van der Waals surface area (Å²) >= 11 is 1.38. The van der Waals surface area contributed by atoms with E-state index in [4.69, 9.17) is 0 Å². The third-order valence-corrected chi connectivity index (χ3v) is 4.65. The number of amides is 1. The van der Waals surface area contributed by atoms with E-state index in [-0.39, 0.29) is 17.2 Å². The Bertz CT molecular complexity index is 949. The number of carbonyl (C=O) groups excluding carboxylic acids is 1. The molecule has 0 atom stereocenters. The molecule has 1 heterocycles. The standard InChI is InChI=1S/C19H17N3O3S/c1-2-12-6-8-13(9-7-12)19-21-15(11-26-19)18(25)22-20-10-14-4-3-5-16(23)17(14)24/h3-11,23-24H,2H2,1H3,(H,22,25)/b20-10+. The van der Waals surface area contributed by atoms with Gasteiger partial charge >= 0.3 is 0 Å². The minimum Gasteiger partial charge on any atom is -0.504 e. The van der Waals surface area contributed by atoms with E-state index in [1.165, 1.54) is 29.2 Å². The fourth-order valence-corrected chi connectivity index (χ4v) is 3.07. The summed E-state index contributed by atoms with van der Waals surface area (Å²) in [5.74, 6) is -0.996. The van der Waals surface area contributed by atoms with Crippen molar-refractivity contribution >= 4 is 23.5 Å². The molecule has 0 fully saturated rings. The van der Waals surface area contributed by atoms with Gasteiger partial charge in [0.05, 0.1) is 6.21 Å². The number of hydrogen-bond donors (Lipinski definition) is 3. The van der Waals surface area contributed by atoms with Gasteiger partial charge < -0.3 is 10.2 Å². The van der Waals surface area contributed by atoms with Gasteiger partial charge in [-0.1, -0.05) is 37.3 Å². The van der Waals surface area contributed by atoms with Crippen LogP contribution >= 0.6 is 11.3 Å². The molecular weight excluding hydrogens is 350 g/mol. The lowest BCUT2D eigenvalue weighted by Gasteiger charge is -2.00. The molecule has 0 spiro atoms. The van der Waals surface area contributed by atoms with Gasteiger partial charge in [0, 0.05) is 16.5 Å². The number of aryl methyl sites for hydroxylation is 1. The zero-order valence-electron chi connectivity index (χ0n) is 14.0. The van der Waals surface area contributed by atoms with E-state index in [2.05, 4.69) is 22.4 Å². The summed E-state index contributed by atoms with van der Waals surface area (Å²) in [4.78, 5) is 16.5. The summed E-state index contributed by atoms with van der Waals surface area (Å²) in [6.45, 7) is 2.10. The first-order valence-corrected chi connectivity index (χ1v) is 8.85. The Balaban J connectivity index is 1.68. The fraction of sp³-hybridized carbons (Fsp3) is 0.105. The summed E-state index contributed by atoms with van der Waals surface area (Å²) in [5.41, 5.74) is 5.12. The smallest absolute Gasteiger partial charge is 0.290 e. The van der Waals surface area contributed by atoms with Crippen LogP contribution in [0.5, 0.6) is 11.5 Å². The first kappa shape index (κ1) is 17.6. The Morgan fingerprint density at radius 1 is 1.23 bits per heavy atom. The Morgan fingerprint density at radius 2 is 2.00 bits per heavy atom. The van der Waals surface area contributed by atoms with Gasteiger partial charge in [-0.2, -0.15) is 5.10 Å². The van der Waals surface area contributed by atoms with Crippen molar-refractivity contribution in [2.24, 2.45) is 5.10 Å². The molecule has 2 aromatic carbocycles. The van der Waals surface area contributed by atoms with Crippen molar-refractivity contribution in [2.75, 3.05) is 0 Å². The monoisotopic (exact) mass is 367 g/mol. The second kappa shape index (κ2) is 7.79. The predicted octanol–water partition coefficient (Wildman–Crippen LogP) is 3.55. The van der Waals surface area contributed by atoms with Crippen LogP contribution in [-0.4, -0.2) is 27.3 Å². The van der Waals surface area contributed by atoms with Gasteiger partial charge in [-0.3, -0.25) is 4.79 Å². The Morgan fingerprint density at radius 3 is 2.73 bits per heavy atom. The second-order valence-electron chi connectivity index (χ2n) is 5.50. The maximum Gasteiger partial charge on any atom is 0.290 e. The van der Waals surface area contributed by atoms with Crippen LogP contribution in [-0.2, 0) is 6.42 Å². The molecule has 1 aromatic heterocycles. The van der Waals surface area contributed by atoms with Crippen LogP contribution in [0.15, 0.2) is 52.9 Å². The number of rotatable bonds is 5. The number of nitrogens with one attached hydrogen (secondary N) is 1. The van der Waals surface area contributed by atoms with Crippen LogP contribution in [0.3, 0.4) is 0 Å². The second-order valence-corrected chi connectivity index (χ2v) is 6.36. The van der Waals surface area contributed by atoms with E-state index >= 15 is 0 Å². The van der Waals surface area contributed by atoms with Crippen LogP contribution in [0.25, 0.3) is 10.6 Å². The van der Waals surface area contributed by atoms with Gasteiger partial charge in [0.2, 0.25) is 0 Å². The average molecular weight is 367 g/mol. The fourth-order valence-electron chi connectivity index (χ4n) is 2.26. The predicted molar refractivity (Wildman–Crippen MR) is 102 cm³/mol. The molecule has 0 aliphatic rings. The summed E-state index contributed by atoms with van der Waals surface area (Å²) in [6, 6.07) is 12.5. The maximum absolute atomic E-state index is 12.1. The van der Waals surface area contributed by atoms with E-state index < -0.39 is 5.91 Å². The van der Waals surface area contributed by atoms with E-state index in [0.717, 1.165) is 17.0 Å². The maximum atomic E-state index is 12.1. The summed E-state index contributed by atoms with van der Waals surface area (Å²) < 4.78 is 0. The van der Waals surface area contributed by atoms with E-state index in [1.54, 1.807) is 17.5 Å². The third-order valence-electron chi connectivity index (χ3n) is 3.76. The number of phenolic OH excluding ortho intramolecular Hbond substituents is 2. The molecule has 132 valence electrons. The Labute approximate surface area is 154 Å². The van der Waals surface area contributed by atoms with Gasteiger partial charge in [-0.25, -0.2) is 10.4 Å². The first-order chi connectivity index (χ1) is 12.6. The lowest BCUT2D eigenvalue weighted by Crippen LogP contribution is -2.17. The molecule has 3 N–H and O–H groups in total. The minimum atomic E-state index is -0.450. The summed E-state index contributed by atoms with van der Waals surface area (Å²) in [5, 5.41) is 25.3. The van der Waals surface area contributed by atoms with E-state index in [9.17, 15) is 15.0 Å². The molecule has 0 bridgehead atoms. The number of carbonyl (C=O) groups is 1. The van der Waals surface area contributed by atoms with Crippen LogP contribution < -0.4 is 5.43 Å². The largest absolute Gasteiger partial charge is 0.504 e. The molecule has 0 aliphatic heterocycles. The Kier molecular flexibility index (Phi) is 5.28. The number of aromatic nitrogens is 1. The van der Waals surface area contributed by atoms with Gasteiger partial charge in [0.15, 0.2) is 11.5 Å². The van der Waals surface area contributed by atoms with E-state index in [1.807, 2.05) is 24.3 Å². The van der Waals surface area contributed by atoms with Gasteiger partial charge in [0.25, 0.3) is 5.91 Å². The third kappa shape index (κ3) is 3.89. The highest BCUT2D eigenvalue weighted by Gasteiger charge is 2.11. The number of benzene rings is 2. The molecule has 1 amide bonds. The van der Waals surface area contributed by atoms with Gasteiger partial charge in [0.1, 0.15) is 10.7 Å². The molecule has 0 saturated carbocycles. The van der Waals surface area contributed by atoms with Crippen LogP contribution in [0, 0.1) is 0 Å². The number of nitrogens with zero attached hydrogens (tertiary/aromatic N) is 2. The number of phenols is 2. The highest BCUT2D eigenvalue weighted by Crippen LogP contribution is 2.27. The highest BCUT2D eigenvalue weighted by atomic mass is 32.1. The zero-order chi connectivity index (χ0) is 18.5. The average Bonchev–Trinajstić information content (AvgIpc) is 3.15. The molecule has 3 aromatic rings. The number of para-hydroxylation sites is 1. The molecule has 0 saturated heterocycles. The lowest BCUT2D eigenvalue weighted by atomic mass is 10.1.